The van der Waals surface area contributed by atoms with E-state index in [1.165, 1.54) is 48.7 Å². The Kier molecular flexibility index (Phi) is 11.7. The standard InChI is InChI=1S/C9H14N2S.2C7H10N2.C3H4N2S/c10-8-4-5-9(12-8)11-6-2-1-3-7-11;2*1-5-4-6(8)2-3-7(5)9;4-3-5-1-2-6-3/h4-5H,1-3,6-7,10H2;2*2-4H,8-9H2,1H3;1-2H,(H2,4,5). The number of rotatable bonds is 1. The van der Waals surface area contributed by atoms with E-state index in [-0.39, 0.29) is 0 Å². The van der Waals surface area contributed by atoms with Crippen molar-refractivity contribution in [1.82, 2.24) is 4.98 Å². The molecule has 194 valence electrons. The van der Waals surface area contributed by atoms with Gasteiger partial charge in [0.25, 0.3) is 0 Å². The summed E-state index contributed by atoms with van der Waals surface area (Å²) < 4.78 is 0. The minimum atomic E-state index is 0.634. The molecule has 2 aromatic heterocycles. The van der Waals surface area contributed by atoms with Crippen LogP contribution in [0.5, 0.6) is 0 Å². The molecule has 1 aliphatic heterocycles. The second-order valence-corrected chi connectivity index (χ2v) is 10.3. The number of anilines is 7. The van der Waals surface area contributed by atoms with Crippen LogP contribution in [0.1, 0.15) is 30.4 Å². The summed E-state index contributed by atoms with van der Waals surface area (Å²) in [4.78, 5) is 6.15. The van der Waals surface area contributed by atoms with Crippen molar-refractivity contribution in [3.8, 4) is 0 Å². The molecule has 1 fully saturated rings. The maximum atomic E-state index is 5.68. The van der Waals surface area contributed by atoms with E-state index in [4.69, 9.17) is 34.4 Å². The summed E-state index contributed by atoms with van der Waals surface area (Å²) in [7, 11) is 0. The third-order valence-electron chi connectivity index (χ3n) is 5.32. The van der Waals surface area contributed by atoms with Gasteiger partial charge in [-0.05, 0) is 92.8 Å². The quantitative estimate of drug-likeness (QED) is 0.180. The number of piperidine rings is 1. The molecule has 5 rings (SSSR count). The summed E-state index contributed by atoms with van der Waals surface area (Å²) in [5.74, 6) is 0. The molecular weight excluding hydrogens is 488 g/mol. The van der Waals surface area contributed by atoms with E-state index in [1.807, 2.05) is 49.6 Å². The summed E-state index contributed by atoms with van der Waals surface area (Å²) in [6.45, 7) is 6.29. The van der Waals surface area contributed by atoms with Gasteiger partial charge in [0.2, 0.25) is 0 Å². The van der Waals surface area contributed by atoms with Gasteiger partial charge in [-0.25, -0.2) is 4.98 Å². The molecule has 8 nitrogen and oxygen atoms in total. The number of aromatic nitrogens is 1. The van der Waals surface area contributed by atoms with Crippen LogP contribution < -0.4 is 39.3 Å². The minimum Gasteiger partial charge on any atom is -0.399 e. The first-order chi connectivity index (χ1) is 17.2. The fraction of sp³-hybridized carbons (Fsp3) is 0.269. The van der Waals surface area contributed by atoms with Crippen molar-refractivity contribution in [2.24, 2.45) is 0 Å². The lowest BCUT2D eigenvalue weighted by Crippen LogP contribution is -2.28. The average molecular weight is 527 g/mol. The lowest BCUT2D eigenvalue weighted by atomic mass is 10.1. The minimum absolute atomic E-state index is 0.634. The number of thiophene rings is 1. The largest absolute Gasteiger partial charge is 0.399 e. The van der Waals surface area contributed by atoms with E-state index in [0.717, 1.165) is 38.9 Å². The molecule has 12 N–H and O–H groups in total. The molecular formula is C26H38N8S2. The Labute approximate surface area is 221 Å². The molecule has 0 aliphatic carbocycles. The van der Waals surface area contributed by atoms with Crippen LogP contribution in [0.3, 0.4) is 0 Å². The van der Waals surface area contributed by atoms with Gasteiger partial charge < -0.3 is 39.3 Å². The molecule has 0 bridgehead atoms. The van der Waals surface area contributed by atoms with Crippen LogP contribution in [-0.2, 0) is 0 Å². The van der Waals surface area contributed by atoms with Crippen molar-refractivity contribution >= 4 is 60.6 Å². The first kappa shape index (κ1) is 28.6. The summed E-state index contributed by atoms with van der Waals surface area (Å²) in [6, 6.07) is 15.0. The van der Waals surface area contributed by atoms with Crippen LogP contribution in [0.2, 0.25) is 0 Å². The number of nitrogens with two attached hydrogens (primary N) is 6. The predicted molar refractivity (Wildman–Crippen MR) is 161 cm³/mol. The summed E-state index contributed by atoms with van der Waals surface area (Å²) in [5, 5.41) is 4.74. The molecule has 0 amide bonds. The topological polar surface area (TPSA) is 172 Å². The van der Waals surface area contributed by atoms with Crippen molar-refractivity contribution in [3.05, 3.63) is 71.2 Å². The smallest absolute Gasteiger partial charge is 0.179 e. The lowest BCUT2D eigenvalue weighted by molar-refractivity contribution is 0.580. The first-order valence-corrected chi connectivity index (χ1v) is 13.3. The van der Waals surface area contributed by atoms with Crippen molar-refractivity contribution in [3.63, 3.8) is 0 Å². The zero-order valence-electron chi connectivity index (χ0n) is 21.0. The predicted octanol–water partition coefficient (Wildman–Crippen LogP) is 5.36. The van der Waals surface area contributed by atoms with E-state index in [9.17, 15) is 0 Å². The molecule has 3 heterocycles. The molecule has 4 aromatic rings. The van der Waals surface area contributed by atoms with Crippen molar-refractivity contribution in [2.45, 2.75) is 33.1 Å². The third kappa shape index (κ3) is 10.3. The maximum absolute atomic E-state index is 5.68. The number of aryl methyl sites for hydroxylation is 2. The molecule has 1 aliphatic rings. The fourth-order valence-electron chi connectivity index (χ4n) is 3.26. The SMILES string of the molecule is Cc1cc(N)ccc1N.Cc1cc(N)ccc1N.Nc1ccc(N2CCCCC2)s1.Nc1nccs1. The van der Waals surface area contributed by atoms with Gasteiger partial charge in [0, 0.05) is 47.4 Å². The number of hydrogen-bond donors (Lipinski definition) is 6. The zero-order valence-corrected chi connectivity index (χ0v) is 22.6. The fourth-order valence-corrected chi connectivity index (χ4v) is 4.47. The average Bonchev–Trinajstić information content (AvgIpc) is 3.52. The van der Waals surface area contributed by atoms with E-state index >= 15 is 0 Å². The van der Waals surface area contributed by atoms with Crippen LogP contribution in [0.25, 0.3) is 0 Å². The van der Waals surface area contributed by atoms with Gasteiger partial charge in [0.05, 0.1) is 10.0 Å². The van der Waals surface area contributed by atoms with Gasteiger partial charge in [-0.15, -0.1) is 22.7 Å². The highest BCUT2D eigenvalue weighted by molar-refractivity contribution is 7.19. The molecule has 10 heteroatoms. The second kappa shape index (κ2) is 14.7. The van der Waals surface area contributed by atoms with Crippen molar-refractivity contribution in [1.29, 1.82) is 0 Å². The maximum Gasteiger partial charge on any atom is 0.179 e. The van der Waals surface area contributed by atoms with Gasteiger partial charge >= 0.3 is 0 Å². The van der Waals surface area contributed by atoms with Crippen LogP contribution in [0.15, 0.2) is 60.1 Å². The van der Waals surface area contributed by atoms with Crippen LogP contribution >= 0.6 is 22.7 Å². The van der Waals surface area contributed by atoms with Crippen LogP contribution in [0, 0.1) is 13.8 Å². The Morgan fingerprint density at radius 2 is 1.28 bits per heavy atom. The van der Waals surface area contributed by atoms with E-state index in [2.05, 4.69) is 16.0 Å². The van der Waals surface area contributed by atoms with Gasteiger partial charge in [0.1, 0.15) is 0 Å². The van der Waals surface area contributed by atoms with Gasteiger partial charge in [-0.3, -0.25) is 0 Å². The van der Waals surface area contributed by atoms with Crippen LogP contribution in [0.4, 0.5) is 37.9 Å². The summed E-state index contributed by atoms with van der Waals surface area (Å²) in [5.41, 5.74) is 38.1. The molecule has 0 spiro atoms. The summed E-state index contributed by atoms with van der Waals surface area (Å²) >= 11 is 3.14. The van der Waals surface area contributed by atoms with E-state index < -0.39 is 0 Å². The van der Waals surface area contributed by atoms with Gasteiger partial charge in [-0.2, -0.15) is 0 Å². The Balaban J connectivity index is 0.000000174. The second-order valence-electron chi connectivity index (χ2n) is 8.33. The third-order valence-corrected chi connectivity index (χ3v) is 6.90. The zero-order chi connectivity index (χ0) is 26.5. The van der Waals surface area contributed by atoms with E-state index in [0.29, 0.717) is 5.13 Å². The molecule has 1 saturated heterocycles. The number of nitrogens with zero attached hydrogens (tertiary/aromatic N) is 2. The first-order valence-electron chi connectivity index (χ1n) is 11.6. The van der Waals surface area contributed by atoms with Gasteiger partial charge in [0.15, 0.2) is 5.13 Å². The number of nitrogen functional groups attached to an aromatic ring is 6. The molecule has 2 aromatic carbocycles. The molecule has 0 unspecified atom stereocenters. The number of benzene rings is 2. The number of thiazole rings is 1. The number of hydrogen-bond acceptors (Lipinski definition) is 10. The van der Waals surface area contributed by atoms with Crippen molar-refractivity contribution in [2.75, 3.05) is 52.4 Å². The highest BCUT2D eigenvalue weighted by Crippen LogP contribution is 2.29. The highest BCUT2D eigenvalue weighted by atomic mass is 32.1. The molecule has 0 saturated carbocycles. The normalized spacial score (nSPS) is 12.2. The molecule has 0 radical (unpaired) electrons. The Morgan fingerprint density at radius 1 is 0.722 bits per heavy atom. The monoisotopic (exact) mass is 526 g/mol. The Hall–Kier alpha value is -3.63. The van der Waals surface area contributed by atoms with E-state index in [1.54, 1.807) is 29.7 Å². The highest BCUT2D eigenvalue weighted by Gasteiger charge is 2.11. The lowest BCUT2D eigenvalue weighted by Gasteiger charge is -2.26. The van der Waals surface area contributed by atoms with Gasteiger partial charge in [-0.1, -0.05) is 0 Å². The molecule has 0 atom stereocenters. The van der Waals surface area contributed by atoms with Crippen LogP contribution in [-0.4, -0.2) is 18.1 Å². The molecule has 36 heavy (non-hydrogen) atoms. The Bertz CT molecular complexity index is 1120. The summed E-state index contributed by atoms with van der Waals surface area (Å²) in [6.07, 6.45) is 5.73. The Morgan fingerprint density at radius 3 is 1.61 bits per heavy atom. The van der Waals surface area contributed by atoms with Crippen molar-refractivity contribution < 1.29 is 0 Å².